The number of fused-ring (bicyclic) bond motifs is 4. The third-order valence-corrected chi connectivity index (χ3v) is 10.7. The summed E-state index contributed by atoms with van der Waals surface area (Å²) in [5.74, 6) is 1.16. The van der Waals surface area contributed by atoms with Crippen molar-refractivity contribution in [2.24, 2.45) is 11.7 Å². The van der Waals surface area contributed by atoms with Gasteiger partial charge in [-0.3, -0.25) is 9.20 Å². The normalized spacial score (nSPS) is 23.5. The number of amides is 3. The molecule has 4 aliphatic rings. The van der Waals surface area contributed by atoms with Gasteiger partial charge in [0.25, 0.3) is 5.91 Å². The number of carbonyl (C=O) groups is 2. The number of hydrogen-bond acceptors (Lipinski definition) is 7. The number of ether oxygens (including phenoxy) is 2. The fourth-order valence-electron chi connectivity index (χ4n) is 7.96. The first-order valence-electron chi connectivity index (χ1n) is 17.1. The fourth-order valence-corrected chi connectivity index (χ4v) is 7.96. The number of carbonyl (C=O) groups excluding carboxylic acids is 2. The molecule has 3 amide bonds. The maximum Gasteiger partial charge on any atom is 0.315 e. The second kappa shape index (κ2) is 11.8. The zero-order valence-electron chi connectivity index (χ0n) is 27.4. The largest absolute Gasteiger partial charge is 0.482 e. The molecule has 0 spiro atoms. The molecular formula is C35H44N8O4. The number of rotatable bonds is 8. The molecule has 4 aromatic rings. The van der Waals surface area contributed by atoms with Gasteiger partial charge in [-0.1, -0.05) is 0 Å². The van der Waals surface area contributed by atoms with Gasteiger partial charge in [0.15, 0.2) is 5.88 Å². The van der Waals surface area contributed by atoms with Crippen molar-refractivity contribution in [2.75, 3.05) is 20.3 Å². The van der Waals surface area contributed by atoms with Crippen LogP contribution in [0, 0.1) is 12.8 Å². The molecule has 12 heteroatoms. The molecule has 3 saturated heterocycles. The Morgan fingerprint density at radius 2 is 1.89 bits per heavy atom. The number of aromatic nitrogens is 4. The zero-order valence-corrected chi connectivity index (χ0v) is 27.4. The predicted molar refractivity (Wildman–Crippen MR) is 177 cm³/mol. The van der Waals surface area contributed by atoms with Crippen LogP contribution in [0.3, 0.4) is 0 Å². The number of imidazole rings is 1. The molecular weight excluding hydrogens is 596 g/mol. The van der Waals surface area contributed by atoms with E-state index < -0.39 is 0 Å². The highest BCUT2D eigenvalue weighted by molar-refractivity contribution is 5.97. The van der Waals surface area contributed by atoms with Gasteiger partial charge >= 0.3 is 6.03 Å². The van der Waals surface area contributed by atoms with E-state index in [2.05, 4.69) is 27.3 Å². The molecule has 4 aromatic heterocycles. The summed E-state index contributed by atoms with van der Waals surface area (Å²) < 4.78 is 15.5. The molecule has 1 aliphatic carbocycles. The Morgan fingerprint density at radius 1 is 1.09 bits per heavy atom. The van der Waals surface area contributed by atoms with E-state index in [1.807, 2.05) is 41.3 Å². The summed E-state index contributed by atoms with van der Waals surface area (Å²) in [6, 6.07) is 9.94. The van der Waals surface area contributed by atoms with Crippen molar-refractivity contribution in [1.29, 1.82) is 0 Å². The molecule has 248 valence electrons. The highest BCUT2D eigenvalue weighted by Gasteiger charge is 2.47. The molecule has 4 atom stereocenters. The van der Waals surface area contributed by atoms with Crippen molar-refractivity contribution in [1.82, 2.24) is 34.5 Å². The van der Waals surface area contributed by atoms with Crippen molar-refractivity contribution < 1.29 is 19.1 Å². The first-order chi connectivity index (χ1) is 22.8. The van der Waals surface area contributed by atoms with Crippen molar-refractivity contribution in [2.45, 2.75) is 95.5 Å². The van der Waals surface area contributed by atoms with Crippen LogP contribution in [-0.4, -0.2) is 80.3 Å². The number of hydrogen-bond donors (Lipinski definition) is 3. The molecule has 3 aliphatic heterocycles. The van der Waals surface area contributed by atoms with Crippen LogP contribution in [0.1, 0.15) is 79.7 Å². The average molecular weight is 641 g/mol. The monoisotopic (exact) mass is 640 g/mol. The van der Waals surface area contributed by atoms with E-state index in [0.29, 0.717) is 36.2 Å². The van der Waals surface area contributed by atoms with Crippen molar-refractivity contribution in [3.8, 4) is 17.3 Å². The lowest BCUT2D eigenvalue weighted by atomic mass is 9.97. The van der Waals surface area contributed by atoms with E-state index in [9.17, 15) is 9.59 Å². The Hall–Kier alpha value is -4.16. The lowest BCUT2D eigenvalue weighted by Crippen LogP contribution is -2.45. The number of aryl methyl sites for hydroxylation is 1. The highest BCUT2D eigenvalue weighted by atomic mass is 16.5. The Bertz CT molecular complexity index is 1860. The van der Waals surface area contributed by atoms with Gasteiger partial charge in [0.2, 0.25) is 0 Å². The Kier molecular flexibility index (Phi) is 7.59. The number of nitrogens with zero attached hydrogens (tertiary/aromatic N) is 5. The van der Waals surface area contributed by atoms with Crippen molar-refractivity contribution >= 4 is 28.6 Å². The standard InChI is InChI=1S/C35H44N8O4/c1-19(37-35(45)38-24-10-12-47-13-11-24)27-8-6-22-14-29(41(33(22)39-27)18-21-4-5-21)32-20(2)42-30(40-32)15-23(16-31(42)46-3)34(44)43-25-7-9-28(43)26(36)17-25/h6,8,14-16,19,21,24-26,28H,4-5,7,9-13,17-18,36H2,1-3H3,(H2,37,38,45)/t19-,25+,26-,28-/m1/s1. The minimum absolute atomic E-state index is 0.00259. The summed E-state index contributed by atoms with van der Waals surface area (Å²) in [6.07, 6.45) is 6.86. The van der Waals surface area contributed by atoms with Crippen LogP contribution in [0.25, 0.3) is 28.1 Å². The fraction of sp³-hybridized carbons (Fsp3) is 0.543. The first kappa shape index (κ1) is 30.2. The van der Waals surface area contributed by atoms with Gasteiger partial charge in [-0.05, 0) is 89.0 Å². The van der Waals surface area contributed by atoms with E-state index >= 15 is 0 Å². The maximum atomic E-state index is 13.8. The number of urea groups is 1. The molecule has 7 heterocycles. The summed E-state index contributed by atoms with van der Waals surface area (Å²) in [4.78, 5) is 38.8. The molecule has 47 heavy (non-hydrogen) atoms. The number of pyridine rings is 2. The van der Waals surface area contributed by atoms with Crippen molar-refractivity contribution in [3.63, 3.8) is 0 Å². The second-order valence-corrected chi connectivity index (χ2v) is 13.9. The van der Waals surface area contributed by atoms with Crippen molar-refractivity contribution in [3.05, 3.63) is 47.3 Å². The van der Waals surface area contributed by atoms with Gasteiger partial charge in [-0.15, -0.1) is 0 Å². The van der Waals surface area contributed by atoms with Crippen LogP contribution >= 0.6 is 0 Å². The summed E-state index contributed by atoms with van der Waals surface area (Å²) in [5, 5.41) is 7.17. The minimum Gasteiger partial charge on any atom is -0.482 e. The number of nitrogens with one attached hydrogen (secondary N) is 2. The summed E-state index contributed by atoms with van der Waals surface area (Å²) in [7, 11) is 1.63. The second-order valence-electron chi connectivity index (χ2n) is 13.9. The van der Waals surface area contributed by atoms with Gasteiger partial charge in [0, 0.05) is 60.9 Å². The van der Waals surface area contributed by atoms with Crippen LogP contribution in [-0.2, 0) is 11.3 Å². The van der Waals surface area contributed by atoms with Gasteiger partial charge in [0.1, 0.15) is 17.0 Å². The number of nitrogens with two attached hydrogens (primary N) is 1. The van der Waals surface area contributed by atoms with Gasteiger partial charge < -0.3 is 35.3 Å². The van der Waals surface area contributed by atoms with E-state index in [-0.39, 0.29) is 42.1 Å². The Morgan fingerprint density at radius 3 is 2.60 bits per heavy atom. The molecule has 1 saturated carbocycles. The lowest BCUT2D eigenvalue weighted by molar-refractivity contribution is 0.0725. The third kappa shape index (κ3) is 5.41. The molecule has 0 unspecified atom stereocenters. The van der Waals surface area contributed by atoms with Crippen LogP contribution in [0.2, 0.25) is 0 Å². The first-order valence-corrected chi connectivity index (χ1v) is 17.1. The van der Waals surface area contributed by atoms with E-state index in [1.54, 1.807) is 7.11 Å². The van der Waals surface area contributed by atoms with E-state index in [4.69, 9.17) is 25.2 Å². The lowest BCUT2D eigenvalue weighted by Gasteiger charge is -2.24. The van der Waals surface area contributed by atoms with Crippen LogP contribution in [0.5, 0.6) is 5.88 Å². The molecule has 2 bridgehead atoms. The average Bonchev–Trinajstić information content (AvgIpc) is 3.39. The van der Waals surface area contributed by atoms with E-state index in [1.165, 1.54) is 12.8 Å². The predicted octanol–water partition coefficient (Wildman–Crippen LogP) is 4.32. The molecule has 4 N–H and O–H groups in total. The molecule has 4 fully saturated rings. The SMILES string of the molecule is COc1cc(C(=O)N2[C@H]3CC[C@@H]2[C@H](N)C3)cc2nc(-c3cc4ccc([C@@H](C)NC(=O)NC5CCOCC5)nc4n3CC3CC3)c(C)n12. The van der Waals surface area contributed by atoms with Crippen LogP contribution in [0.15, 0.2) is 30.3 Å². The zero-order chi connectivity index (χ0) is 32.4. The van der Waals surface area contributed by atoms with E-state index in [0.717, 1.165) is 72.5 Å². The summed E-state index contributed by atoms with van der Waals surface area (Å²) in [6.45, 7) is 6.19. The molecule has 12 nitrogen and oxygen atoms in total. The minimum atomic E-state index is -0.274. The number of methoxy groups -OCH3 is 1. The topological polar surface area (TPSA) is 141 Å². The summed E-state index contributed by atoms with van der Waals surface area (Å²) >= 11 is 0. The van der Waals surface area contributed by atoms with Gasteiger partial charge in [-0.2, -0.15) is 0 Å². The van der Waals surface area contributed by atoms with Gasteiger partial charge in [0.05, 0.1) is 30.2 Å². The quantitative estimate of drug-likeness (QED) is 0.261. The Labute approximate surface area is 274 Å². The molecule has 0 radical (unpaired) electrons. The van der Waals surface area contributed by atoms with Crippen LogP contribution in [0.4, 0.5) is 4.79 Å². The summed E-state index contributed by atoms with van der Waals surface area (Å²) in [5.41, 5.74) is 12.0. The maximum absolute atomic E-state index is 13.8. The van der Waals surface area contributed by atoms with Crippen LogP contribution < -0.4 is 21.1 Å². The molecule has 8 rings (SSSR count). The Balaban J connectivity index is 1.13. The highest BCUT2D eigenvalue weighted by Crippen LogP contribution is 2.40. The molecule has 0 aromatic carbocycles. The third-order valence-electron chi connectivity index (χ3n) is 10.7. The smallest absolute Gasteiger partial charge is 0.315 e. The van der Waals surface area contributed by atoms with Gasteiger partial charge in [-0.25, -0.2) is 14.8 Å².